The molecule has 0 aromatic heterocycles. The van der Waals surface area contributed by atoms with E-state index in [0.717, 1.165) is 124 Å². The molecule has 0 bridgehead atoms. The first-order valence-electron chi connectivity index (χ1n) is 24.8. The molecule has 0 fully saturated rings. The van der Waals surface area contributed by atoms with Gasteiger partial charge in [0.15, 0.2) is 11.5 Å². The topological polar surface area (TPSA) is 81.4 Å². The van der Waals surface area contributed by atoms with Crippen molar-refractivity contribution in [3.63, 3.8) is 0 Å². The van der Waals surface area contributed by atoms with Crippen molar-refractivity contribution in [3.05, 3.63) is 252 Å². The SMILES string of the molecule is Cc1cccc(Nc2cc(-c3ccccc3)c(Oc3c(-c4ccccc4)cc(Nc4cccc(C)c4)c(Nc4cccc(C)c4)c3Nc3cccc(C)c3)c(Nc3cccc(C)c3)c2Nc2cccc(C)c2)c1. The van der Waals surface area contributed by atoms with Crippen molar-refractivity contribution in [2.45, 2.75) is 41.5 Å². The van der Waals surface area contributed by atoms with Gasteiger partial charge in [0, 0.05) is 45.3 Å². The average Bonchev–Trinajstić information content (AvgIpc) is 3.37. The Labute approximate surface area is 430 Å². The van der Waals surface area contributed by atoms with Crippen LogP contribution >= 0.6 is 0 Å². The molecule has 0 saturated carbocycles. The van der Waals surface area contributed by atoms with E-state index in [0.29, 0.717) is 11.5 Å². The van der Waals surface area contributed by atoms with Gasteiger partial charge in [0.25, 0.3) is 0 Å². The molecule has 0 spiro atoms. The number of nitrogens with one attached hydrogen (secondary N) is 6. The molecule has 7 heteroatoms. The van der Waals surface area contributed by atoms with Crippen LogP contribution in [0.2, 0.25) is 0 Å². The Morgan fingerprint density at radius 1 is 0.247 bits per heavy atom. The second kappa shape index (κ2) is 21.4. The highest BCUT2D eigenvalue weighted by atomic mass is 16.5. The van der Waals surface area contributed by atoms with E-state index in [1.54, 1.807) is 0 Å². The summed E-state index contributed by atoms with van der Waals surface area (Å²) in [6.45, 7) is 12.7. The summed E-state index contributed by atoms with van der Waals surface area (Å²) >= 11 is 0. The van der Waals surface area contributed by atoms with E-state index in [9.17, 15) is 0 Å². The molecule has 360 valence electrons. The molecule has 0 aliphatic heterocycles. The lowest BCUT2D eigenvalue weighted by molar-refractivity contribution is 0.491. The maximum Gasteiger partial charge on any atom is 0.161 e. The number of aryl methyl sites for hydroxylation is 6. The van der Waals surface area contributed by atoms with Crippen LogP contribution in [0.1, 0.15) is 33.4 Å². The van der Waals surface area contributed by atoms with Gasteiger partial charge in [-0.2, -0.15) is 0 Å². The number of anilines is 12. The van der Waals surface area contributed by atoms with Crippen molar-refractivity contribution in [2.24, 2.45) is 0 Å². The third-order valence-corrected chi connectivity index (χ3v) is 12.7. The molecule has 10 aromatic rings. The average molecular weight is 953 g/mol. The van der Waals surface area contributed by atoms with E-state index in [2.05, 4.69) is 292 Å². The summed E-state index contributed by atoms with van der Waals surface area (Å²) in [6.07, 6.45) is 0. The fraction of sp³-hybridized carbons (Fsp3) is 0.0909. The van der Waals surface area contributed by atoms with Gasteiger partial charge in [0.05, 0.1) is 22.7 Å². The molecule has 7 nitrogen and oxygen atoms in total. The monoisotopic (exact) mass is 952 g/mol. The molecule has 0 amide bonds. The summed E-state index contributed by atoms with van der Waals surface area (Å²) in [6, 6.07) is 76.2. The molecule has 0 aliphatic rings. The normalized spacial score (nSPS) is 10.9. The second-order valence-corrected chi connectivity index (χ2v) is 18.9. The van der Waals surface area contributed by atoms with Gasteiger partial charge in [-0.25, -0.2) is 0 Å². The second-order valence-electron chi connectivity index (χ2n) is 18.9. The highest BCUT2D eigenvalue weighted by molar-refractivity contribution is 6.03. The Kier molecular flexibility index (Phi) is 13.9. The minimum Gasteiger partial charge on any atom is -0.451 e. The lowest BCUT2D eigenvalue weighted by Gasteiger charge is -2.28. The minimum atomic E-state index is 0.614. The number of hydrogen-bond donors (Lipinski definition) is 6. The van der Waals surface area contributed by atoms with Crippen molar-refractivity contribution in [3.8, 4) is 33.8 Å². The van der Waals surface area contributed by atoms with Crippen LogP contribution in [0.5, 0.6) is 11.5 Å². The Bertz CT molecular complexity index is 3340. The Morgan fingerprint density at radius 3 is 0.781 bits per heavy atom. The van der Waals surface area contributed by atoms with Crippen LogP contribution in [0, 0.1) is 41.5 Å². The van der Waals surface area contributed by atoms with Gasteiger partial charge >= 0.3 is 0 Å². The highest BCUT2D eigenvalue weighted by Crippen LogP contribution is 2.56. The van der Waals surface area contributed by atoms with Crippen LogP contribution < -0.4 is 36.6 Å². The van der Waals surface area contributed by atoms with E-state index in [1.165, 1.54) is 0 Å². The van der Waals surface area contributed by atoms with E-state index in [4.69, 9.17) is 4.74 Å². The maximum absolute atomic E-state index is 8.01. The van der Waals surface area contributed by atoms with Crippen molar-refractivity contribution >= 4 is 68.2 Å². The summed E-state index contributed by atoms with van der Waals surface area (Å²) in [5.74, 6) is 1.23. The number of hydrogen-bond acceptors (Lipinski definition) is 7. The predicted molar refractivity (Wildman–Crippen MR) is 311 cm³/mol. The minimum absolute atomic E-state index is 0.614. The quantitative estimate of drug-likeness (QED) is 0.0576. The van der Waals surface area contributed by atoms with Crippen LogP contribution in [0.3, 0.4) is 0 Å². The number of benzene rings is 10. The summed E-state index contributed by atoms with van der Waals surface area (Å²) in [4.78, 5) is 0. The molecule has 10 aromatic carbocycles. The van der Waals surface area contributed by atoms with Crippen LogP contribution in [0.15, 0.2) is 218 Å². The van der Waals surface area contributed by atoms with Crippen molar-refractivity contribution in [1.29, 1.82) is 0 Å². The Hall–Kier alpha value is -9.20. The standard InChI is InChI=1S/C66H60N6O/c1-43-19-13-29-51(35-43)67-59-41-57(49-25-9-7-10-26-49)65(63(71-55-33-17-23-47(5)39-55)61(59)69-53-31-15-21-45(3)37-53)73-66-58(50-27-11-8-12-28-50)42-60(68-52-30-14-20-44(2)36-52)62(70-54-32-16-22-46(4)38-54)64(66)72-56-34-18-24-48(6)40-56/h7-42,67-72H,1-6H3. The highest BCUT2D eigenvalue weighted by Gasteiger charge is 2.28. The van der Waals surface area contributed by atoms with Gasteiger partial charge in [0.1, 0.15) is 11.4 Å². The van der Waals surface area contributed by atoms with Crippen LogP contribution in [0.4, 0.5) is 68.2 Å². The summed E-state index contributed by atoms with van der Waals surface area (Å²) in [5, 5.41) is 23.5. The van der Waals surface area contributed by atoms with Gasteiger partial charge in [0.2, 0.25) is 0 Å². The van der Waals surface area contributed by atoms with E-state index in [-0.39, 0.29) is 0 Å². The van der Waals surface area contributed by atoms with Crippen LogP contribution in [-0.2, 0) is 0 Å². The fourth-order valence-corrected chi connectivity index (χ4v) is 9.23. The Balaban J connectivity index is 1.32. The molecule has 6 N–H and O–H groups in total. The van der Waals surface area contributed by atoms with Gasteiger partial charge in [-0.1, -0.05) is 133 Å². The molecule has 0 saturated heterocycles. The van der Waals surface area contributed by atoms with Crippen LogP contribution in [-0.4, -0.2) is 0 Å². The van der Waals surface area contributed by atoms with Gasteiger partial charge in [-0.3, -0.25) is 0 Å². The molecule has 0 unspecified atom stereocenters. The zero-order valence-corrected chi connectivity index (χ0v) is 42.2. The molecule has 73 heavy (non-hydrogen) atoms. The molecule has 0 heterocycles. The lowest BCUT2D eigenvalue weighted by Crippen LogP contribution is -2.08. The summed E-state index contributed by atoms with van der Waals surface area (Å²) < 4.78 is 8.01. The molecule has 0 aliphatic carbocycles. The molecule has 0 radical (unpaired) electrons. The smallest absolute Gasteiger partial charge is 0.161 e. The van der Waals surface area contributed by atoms with Crippen molar-refractivity contribution in [2.75, 3.05) is 31.9 Å². The molecular formula is C66H60N6O. The largest absolute Gasteiger partial charge is 0.451 e. The van der Waals surface area contributed by atoms with Crippen molar-refractivity contribution < 1.29 is 4.74 Å². The van der Waals surface area contributed by atoms with Crippen LogP contribution in [0.25, 0.3) is 22.3 Å². The van der Waals surface area contributed by atoms with Gasteiger partial charge < -0.3 is 36.6 Å². The number of ether oxygens (including phenoxy) is 1. The third-order valence-electron chi connectivity index (χ3n) is 12.7. The first kappa shape index (κ1) is 47.5. The fourth-order valence-electron chi connectivity index (χ4n) is 9.23. The molecular weight excluding hydrogens is 893 g/mol. The third kappa shape index (κ3) is 11.4. The first-order chi connectivity index (χ1) is 35.6. The summed E-state index contributed by atoms with van der Waals surface area (Å²) in [7, 11) is 0. The number of rotatable bonds is 16. The Morgan fingerprint density at radius 2 is 0.507 bits per heavy atom. The van der Waals surface area contributed by atoms with E-state index >= 15 is 0 Å². The van der Waals surface area contributed by atoms with E-state index < -0.39 is 0 Å². The predicted octanol–water partition coefficient (Wildman–Crippen LogP) is 19.1. The lowest BCUT2D eigenvalue weighted by atomic mass is 9.98. The zero-order chi connectivity index (χ0) is 50.3. The first-order valence-corrected chi connectivity index (χ1v) is 24.8. The zero-order valence-electron chi connectivity index (χ0n) is 42.2. The van der Waals surface area contributed by atoms with Gasteiger partial charge in [-0.15, -0.1) is 0 Å². The van der Waals surface area contributed by atoms with Gasteiger partial charge in [-0.05, 0) is 171 Å². The molecule has 0 atom stereocenters. The summed E-state index contributed by atoms with van der Waals surface area (Å²) in [5.41, 5.74) is 20.9. The van der Waals surface area contributed by atoms with E-state index in [1.807, 2.05) is 0 Å². The molecule has 10 rings (SSSR count). The van der Waals surface area contributed by atoms with Crippen molar-refractivity contribution in [1.82, 2.24) is 0 Å². The maximum atomic E-state index is 8.01.